The number of amides is 1. The van der Waals surface area contributed by atoms with E-state index in [4.69, 9.17) is 4.74 Å². The molecule has 2 aliphatic rings. The zero-order chi connectivity index (χ0) is 14.1. The molecule has 2 fully saturated rings. The van der Waals surface area contributed by atoms with Gasteiger partial charge in [0, 0.05) is 0 Å². The zero-order valence-electron chi connectivity index (χ0n) is 11.9. The highest BCUT2D eigenvalue weighted by atomic mass is 16.5. The smallest absolute Gasteiger partial charge is 0.226 e. The highest BCUT2D eigenvalue weighted by molar-refractivity contribution is 5.85. The SMILES string of the molecule is C=CCCCC[C@H](O)C12CO[C@@]1(C)C(CC)C(=O)N2. The van der Waals surface area contributed by atoms with Crippen LogP contribution in [0.25, 0.3) is 0 Å². The van der Waals surface area contributed by atoms with Crippen molar-refractivity contribution < 1.29 is 14.6 Å². The van der Waals surface area contributed by atoms with Gasteiger partial charge in [-0.1, -0.05) is 19.4 Å². The molecule has 0 saturated carbocycles. The van der Waals surface area contributed by atoms with Crippen molar-refractivity contribution in [2.75, 3.05) is 6.61 Å². The van der Waals surface area contributed by atoms with Crippen molar-refractivity contribution in [3.63, 3.8) is 0 Å². The molecular weight excluding hydrogens is 242 g/mol. The molecule has 0 aliphatic carbocycles. The van der Waals surface area contributed by atoms with E-state index >= 15 is 0 Å². The fourth-order valence-electron chi connectivity index (χ4n) is 3.54. The van der Waals surface area contributed by atoms with Gasteiger partial charge in [-0.15, -0.1) is 6.58 Å². The summed E-state index contributed by atoms with van der Waals surface area (Å²) in [5.74, 6) is -0.128. The lowest BCUT2D eigenvalue weighted by molar-refractivity contribution is -0.249. The molecule has 4 heteroatoms. The van der Waals surface area contributed by atoms with E-state index in [-0.39, 0.29) is 11.8 Å². The summed E-state index contributed by atoms with van der Waals surface area (Å²) in [6.07, 6.45) is 5.74. The molecule has 4 nitrogen and oxygen atoms in total. The molecule has 2 aliphatic heterocycles. The van der Waals surface area contributed by atoms with Crippen molar-refractivity contribution in [3.05, 3.63) is 12.7 Å². The molecule has 19 heavy (non-hydrogen) atoms. The fourth-order valence-corrected chi connectivity index (χ4v) is 3.54. The van der Waals surface area contributed by atoms with Crippen LogP contribution in [0.4, 0.5) is 0 Å². The Hall–Kier alpha value is -0.870. The van der Waals surface area contributed by atoms with Gasteiger partial charge in [-0.3, -0.25) is 4.79 Å². The van der Waals surface area contributed by atoms with Crippen molar-refractivity contribution in [3.8, 4) is 0 Å². The van der Waals surface area contributed by atoms with Crippen LogP contribution < -0.4 is 5.32 Å². The second-order valence-corrected chi connectivity index (χ2v) is 5.91. The predicted octanol–water partition coefficient (Wildman–Crippen LogP) is 1.78. The van der Waals surface area contributed by atoms with Gasteiger partial charge in [-0.2, -0.15) is 0 Å². The quantitative estimate of drug-likeness (QED) is 0.546. The van der Waals surface area contributed by atoms with Crippen LogP contribution in [-0.2, 0) is 9.53 Å². The van der Waals surface area contributed by atoms with E-state index < -0.39 is 17.2 Å². The highest BCUT2D eigenvalue weighted by Gasteiger charge is 2.71. The van der Waals surface area contributed by atoms with Crippen molar-refractivity contribution in [1.82, 2.24) is 5.32 Å². The third-order valence-corrected chi connectivity index (χ3v) is 4.93. The van der Waals surface area contributed by atoms with E-state index in [0.29, 0.717) is 13.0 Å². The summed E-state index contributed by atoms with van der Waals surface area (Å²) in [4.78, 5) is 12.0. The lowest BCUT2D eigenvalue weighted by Gasteiger charge is -2.56. The van der Waals surface area contributed by atoms with E-state index in [1.807, 2.05) is 19.9 Å². The number of aliphatic hydroxyl groups excluding tert-OH is 1. The van der Waals surface area contributed by atoms with E-state index in [1.165, 1.54) is 0 Å². The van der Waals surface area contributed by atoms with Crippen LogP contribution >= 0.6 is 0 Å². The Morgan fingerprint density at radius 2 is 2.37 bits per heavy atom. The first-order chi connectivity index (χ1) is 9.02. The third-order valence-electron chi connectivity index (χ3n) is 4.93. The summed E-state index contributed by atoms with van der Waals surface area (Å²) in [6.45, 7) is 8.06. The summed E-state index contributed by atoms with van der Waals surface area (Å²) in [5, 5.41) is 13.5. The third kappa shape index (κ3) is 2.01. The minimum atomic E-state index is -0.570. The van der Waals surface area contributed by atoms with Crippen LogP contribution in [0.5, 0.6) is 0 Å². The van der Waals surface area contributed by atoms with Crippen molar-refractivity contribution in [2.45, 2.75) is 63.2 Å². The largest absolute Gasteiger partial charge is 0.390 e. The topological polar surface area (TPSA) is 58.6 Å². The lowest BCUT2D eigenvalue weighted by Crippen LogP contribution is -2.75. The molecule has 0 aromatic carbocycles. The number of nitrogens with one attached hydrogen (secondary N) is 1. The first kappa shape index (κ1) is 14.5. The van der Waals surface area contributed by atoms with E-state index in [9.17, 15) is 9.90 Å². The minimum Gasteiger partial charge on any atom is -0.390 e. The maximum atomic E-state index is 12.0. The lowest BCUT2D eigenvalue weighted by atomic mass is 9.68. The van der Waals surface area contributed by atoms with Gasteiger partial charge in [0.15, 0.2) is 0 Å². The molecule has 108 valence electrons. The fraction of sp³-hybridized carbons (Fsp3) is 0.800. The predicted molar refractivity (Wildman–Crippen MR) is 73.7 cm³/mol. The van der Waals surface area contributed by atoms with E-state index in [1.54, 1.807) is 0 Å². The van der Waals surface area contributed by atoms with Crippen LogP contribution in [0.15, 0.2) is 12.7 Å². The maximum Gasteiger partial charge on any atom is 0.226 e. The number of hydrogen-bond donors (Lipinski definition) is 2. The number of unbranched alkanes of at least 4 members (excludes halogenated alkanes) is 2. The number of rotatable bonds is 7. The standard InChI is InChI=1S/C15H25NO3/c1-4-6-7-8-9-12(17)15-10-19-14(15,3)11(5-2)13(18)16-15/h4,11-12,17H,1,5-10H2,2-3H3,(H,16,18)/t11?,12-,14-,15?/m0/s1. The van der Waals surface area contributed by atoms with Gasteiger partial charge in [0.05, 0.1) is 18.6 Å². The van der Waals surface area contributed by atoms with Crippen molar-refractivity contribution >= 4 is 5.91 Å². The Morgan fingerprint density at radius 1 is 1.63 bits per heavy atom. The number of allylic oxidation sites excluding steroid dienone is 1. The molecule has 1 amide bonds. The average molecular weight is 267 g/mol. The number of ether oxygens (including phenoxy) is 1. The van der Waals surface area contributed by atoms with Gasteiger partial charge >= 0.3 is 0 Å². The number of aliphatic hydroxyl groups is 1. The molecule has 2 heterocycles. The molecule has 0 spiro atoms. The zero-order valence-corrected chi connectivity index (χ0v) is 11.9. The van der Waals surface area contributed by atoms with Crippen LogP contribution in [0, 0.1) is 5.92 Å². The first-order valence-corrected chi connectivity index (χ1v) is 7.26. The molecule has 2 unspecified atom stereocenters. The second kappa shape index (κ2) is 5.25. The summed E-state index contributed by atoms with van der Waals surface area (Å²) >= 11 is 0. The summed E-state index contributed by atoms with van der Waals surface area (Å²) in [7, 11) is 0. The van der Waals surface area contributed by atoms with Gasteiger partial charge in [-0.05, 0) is 32.6 Å². The molecule has 0 bridgehead atoms. The summed E-state index contributed by atoms with van der Waals surface area (Å²) in [5.41, 5.74) is -1.12. The Kier molecular flexibility index (Phi) is 4.02. The molecule has 2 saturated heterocycles. The number of carbonyl (C=O) groups excluding carboxylic acids is 1. The molecule has 2 rings (SSSR count). The summed E-state index contributed by atoms with van der Waals surface area (Å²) < 4.78 is 5.71. The van der Waals surface area contributed by atoms with Gasteiger partial charge in [-0.25, -0.2) is 0 Å². The molecule has 0 aromatic rings. The van der Waals surface area contributed by atoms with Crippen LogP contribution in [-0.4, -0.2) is 34.9 Å². The Balaban J connectivity index is 2.02. The van der Waals surface area contributed by atoms with Crippen molar-refractivity contribution in [2.24, 2.45) is 5.92 Å². The number of fused-ring (bicyclic) bond motifs is 1. The van der Waals surface area contributed by atoms with Crippen LogP contribution in [0.2, 0.25) is 0 Å². The van der Waals surface area contributed by atoms with Gasteiger partial charge in [0.1, 0.15) is 11.1 Å². The Labute approximate surface area is 115 Å². The van der Waals surface area contributed by atoms with E-state index in [0.717, 1.165) is 25.7 Å². The van der Waals surface area contributed by atoms with Crippen molar-refractivity contribution in [1.29, 1.82) is 0 Å². The highest BCUT2D eigenvalue weighted by Crippen LogP contribution is 2.51. The number of carbonyl (C=O) groups is 1. The first-order valence-electron chi connectivity index (χ1n) is 7.26. The Morgan fingerprint density at radius 3 is 2.89 bits per heavy atom. The monoisotopic (exact) mass is 267 g/mol. The van der Waals surface area contributed by atoms with Gasteiger partial charge in [0.25, 0.3) is 0 Å². The molecular formula is C15H25NO3. The second-order valence-electron chi connectivity index (χ2n) is 5.91. The molecule has 0 aromatic heterocycles. The van der Waals surface area contributed by atoms with E-state index in [2.05, 4.69) is 11.9 Å². The summed E-state index contributed by atoms with van der Waals surface area (Å²) in [6, 6.07) is 0. The number of hydrogen-bond acceptors (Lipinski definition) is 3. The normalized spacial score (nSPS) is 38.3. The van der Waals surface area contributed by atoms with Crippen LogP contribution in [0.1, 0.15) is 46.0 Å². The minimum absolute atomic E-state index is 0.0210. The molecule has 0 radical (unpaired) electrons. The van der Waals surface area contributed by atoms with Gasteiger partial charge < -0.3 is 15.2 Å². The Bertz CT molecular complexity index is 370. The molecule has 2 N–H and O–H groups in total. The van der Waals surface area contributed by atoms with Gasteiger partial charge in [0.2, 0.25) is 5.91 Å². The van der Waals surface area contributed by atoms with Crippen LogP contribution in [0.3, 0.4) is 0 Å². The average Bonchev–Trinajstić information content (AvgIpc) is 2.53. The maximum absolute atomic E-state index is 12.0. The molecule has 4 atom stereocenters.